The fraction of sp³-hybridized carbons (Fsp3) is 0.417. The van der Waals surface area contributed by atoms with Crippen LogP contribution < -0.4 is 15.3 Å². The number of para-hydroxylation sites is 1. The minimum Gasteiger partial charge on any atom is -0.465 e. The molecule has 0 saturated carbocycles. The zero-order valence-electron chi connectivity index (χ0n) is 21.2. The monoisotopic (exact) mass is 560 g/mol. The molecule has 3 aromatic rings. The molecule has 0 radical (unpaired) electrons. The number of esters is 1. The molecular weight excluding hydrogens is 531 g/mol. The normalized spacial score (nSPS) is 25.1. The Morgan fingerprint density at radius 3 is 2.72 bits per heavy atom. The van der Waals surface area contributed by atoms with Crippen molar-refractivity contribution >= 4 is 25.1 Å². The first-order valence-corrected chi connectivity index (χ1v) is 13.7. The zero-order valence-corrected chi connectivity index (χ0v) is 22.1. The summed E-state index contributed by atoms with van der Waals surface area (Å²) >= 11 is 0. The standard InChI is InChI=1S/C24H29N6O8P/c1-3-16(23(33)35-4-2)29-39(34,38-15-8-6-5-7-9-15)36-12-18-20(31)21(32)24(13-25,37-18)19-11-10-17-22(26)27-14-28-30(17)19/h5-11,14,16,18,20-21,31-32H,3-4,12H2,1-2H3,(H,29,34)(H2,26,27,28)/t16-,18+,20+,21+,24-,39?/m0/s1. The van der Waals surface area contributed by atoms with Gasteiger partial charge < -0.3 is 29.9 Å². The zero-order chi connectivity index (χ0) is 28.2. The SMILES string of the molecule is CCOC(=O)[C@H](CC)NP(=O)(OC[C@H]1O[C@@](C#N)(c2ccc3c(N)ncnn23)[C@H](O)[C@@H]1O)Oc1ccccc1. The van der Waals surface area contributed by atoms with Gasteiger partial charge >= 0.3 is 13.7 Å². The number of aromatic nitrogens is 3. The third-order valence-electron chi connectivity index (χ3n) is 6.16. The van der Waals surface area contributed by atoms with Crippen LogP contribution >= 0.6 is 7.75 Å². The lowest BCUT2D eigenvalue weighted by atomic mass is 9.92. The highest BCUT2D eigenvalue weighted by atomic mass is 31.2. The quantitative estimate of drug-likeness (QED) is 0.193. The summed E-state index contributed by atoms with van der Waals surface area (Å²) in [4.78, 5) is 16.3. The summed E-state index contributed by atoms with van der Waals surface area (Å²) < 4.78 is 37.2. The van der Waals surface area contributed by atoms with Gasteiger partial charge in [-0.2, -0.15) is 15.4 Å². The second-order valence-electron chi connectivity index (χ2n) is 8.64. The molecule has 1 unspecified atom stereocenters. The molecule has 208 valence electrons. The Hall–Kier alpha value is -3.57. The van der Waals surface area contributed by atoms with Crippen LogP contribution in [0, 0.1) is 11.3 Å². The van der Waals surface area contributed by atoms with Crippen molar-refractivity contribution in [3.05, 3.63) is 54.5 Å². The maximum atomic E-state index is 13.8. The fourth-order valence-corrected chi connectivity index (χ4v) is 5.77. The molecule has 0 spiro atoms. The number of nitrogens with one attached hydrogen (secondary N) is 1. The van der Waals surface area contributed by atoms with Crippen molar-refractivity contribution in [1.82, 2.24) is 19.7 Å². The molecule has 1 aliphatic heterocycles. The second-order valence-corrected chi connectivity index (χ2v) is 10.3. The highest BCUT2D eigenvalue weighted by Gasteiger charge is 2.58. The number of nitriles is 1. The van der Waals surface area contributed by atoms with Gasteiger partial charge in [0.1, 0.15) is 48.0 Å². The average Bonchev–Trinajstić information content (AvgIpc) is 3.47. The molecule has 39 heavy (non-hydrogen) atoms. The van der Waals surface area contributed by atoms with Crippen LogP contribution in [0.3, 0.4) is 0 Å². The van der Waals surface area contributed by atoms with Crippen LogP contribution in [-0.2, 0) is 29.0 Å². The highest BCUT2D eigenvalue weighted by Crippen LogP contribution is 2.47. The topological polar surface area (TPSA) is 204 Å². The van der Waals surface area contributed by atoms with Gasteiger partial charge in [-0.1, -0.05) is 25.1 Å². The molecule has 0 aliphatic carbocycles. The fourth-order valence-electron chi connectivity index (χ4n) is 4.18. The van der Waals surface area contributed by atoms with E-state index in [1.165, 1.54) is 16.9 Å². The van der Waals surface area contributed by atoms with E-state index in [4.69, 9.17) is 24.3 Å². The molecular formula is C24H29N6O8P. The van der Waals surface area contributed by atoms with Crippen molar-refractivity contribution in [3.63, 3.8) is 0 Å². The van der Waals surface area contributed by atoms with Gasteiger partial charge in [0.25, 0.3) is 0 Å². The van der Waals surface area contributed by atoms with E-state index in [-0.39, 0.29) is 30.3 Å². The van der Waals surface area contributed by atoms with E-state index in [1.807, 2.05) is 6.07 Å². The van der Waals surface area contributed by atoms with Crippen LogP contribution in [-0.4, -0.2) is 68.3 Å². The van der Waals surface area contributed by atoms with Crippen molar-refractivity contribution in [2.75, 3.05) is 18.9 Å². The predicted octanol–water partition coefficient (Wildman–Crippen LogP) is 1.29. The largest absolute Gasteiger partial charge is 0.465 e. The first-order chi connectivity index (χ1) is 18.7. The van der Waals surface area contributed by atoms with Crippen LogP contribution in [0.15, 0.2) is 48.8 Å². The van der Waals surface area contributed by atoms with E-state index >= 15 is 0 Å². The van der Waals surface area contributed by atoms with Crippen molar-refractivity contribution < 1.29 is 38.1 Å². The molecule has 1 aliphatic rings. The number of aliphatic hydroxyl groups excluding tert-OH is 2. The van der Waals surface area contributed by atoms with E-state index in [0.717, 1.165) is 0 Å². The molecule has 1 saturated heterocycles. The van der Waals surface area contributed by atoms with Gasteiger partial charge in [0.15, 0.2) is 5.82 Å². The number of rotatable bonds is 11. The lowest BCUT2D eigenvalue weighted by molar-refractivity contribution is -0.145. The molecule has 5 N–H and O–H groups in total. The smallest absolute Gasteiger partial charge is 0.459 e. The predicted molar refractivity (Wildman–Crippen MR) is 136 cm³/mol. The molecule has 15 heteroatoms. The van der Waals surface area contributed by atoms with Gasteiger partial charge in [-0.05, 0) is 37.6 Å². The number of nitrogen functional groups attached to an aromatic ring is 1. The van der Waals surface area contributed by atoms with E-state index in [9.17, 15) is 24.8 Å². The Morgan fingerprint density at radius 2 is 2.05 bits per heavy atom. The number of benzene rings is 1. The number of nitrogens with zero attached hydrogens (tertiary/aromatic N) is 4. The van der Waals surface area contributed by atoms with Crippen molar-refractivity contribution in [3.8, 4) is 11.8 Å². The van der Waals surface area contributed by atoms with Crippen LogP contribution in [0.25, 0.3) is 5.52 Å². The highest BCUT2D eigenvalue weighted by molar-refractivity contribution is 7.52. The Bertz CT molecular complexity index is 1400. The molecule has 2 aromatic heterocycles. The number of fused-ring (bicyclic) bond motifs is 1. The Labute approximate surface area is 223 Å². The first-order valence-electron chi connectivity index (χ1n) is 12.2. The van der Waals surface area contributed by atoms with Crippen LogP contribution in [0.1, 0.15) is 26.0 Å². The number of ether oxygens (including phenoxy) is 2. The van der Waals surface area contributed by atoms with Gasteiger partial charge in [-0.15, -0.1) is 0 Å². The maximum absolute atomic E-state index is 13.8. The molecule has 6 atom stereocenters. The Morgan fingerprint density at radius 1 is 1.31 bits per heavy atom. The lowest BCUT2D eigenvalue weighted by Crippen LogP contribution is -2.41. The third-order valence-corrected chi connectivity index (χ3v) is 7.73. The lowest BCUT2D eigenvalue weighted by Gasteiger charge is -2.26. The summed E-state index contributed by atoms with van der Waals surface area (Å²) in [6, 6.07) is 12.0. The summed E-state index contributed by atoms with van der Waals surface area (Å²) in [6.45, 7) is 2.85. The number of nitrogens with two attached hydrogens (primary N) is 1. The Kier molecular flexibility index (Phi) is 8.51. The number of anilines is 1. The van der Waals surface area contributed by atoms with Gasteiger partial charge in [0, 0.05) is 0 Å². The van der Waals surface area contributed by atoms with E-state index < -0.39 is 50.3 Å². The van der Waals surface area contributed by atoms with Crippen molar-refractivity contribution in [1.29, 1.82) is 5.26 Å². The first kappa shape index (κ1) is 28.4. The van der Waals surface area contributed by atoms with E-state index in [1.54, 1.807) is 50.2 Å². The van der Waals surface area contributed by atoms with Crippen LogP contribution in [0.4, 0.5) is 5.82 Å². The number of carbonyl (C=O) groups is 1. The molecule has 1 aromatic carbocycles. The minimum atomic E-state index is -4.30. The molecule has 0 amide bonds. The average molecular weight is 561 g/mol. The summed E-state index contributed by atoms with van der Waals surface area (Å²) in [5.41, 5.74) is 4.26. The number of hydrogen-bond donors (Lipinski definition) is 4. The Balaban J connectivity index is 1.59. The molecule has 14 nitrogen and oxygen atoms in total. The van der Waals surface area contributed by atoms with E-state index in [2.05, 4.69) is 15.2 Å². The summed E-state index contributed by atoms with van der Waals surface area (Å²) in [5, 5.41) is 38.5. The van der Waals surface area contributed by atoms with Gasteiger partial charge in [0.05, 0.1) is 18.9 Å². The minimum absolute atomic E-state index is 0.0957. The number of aliphatic hydroxyl groups is 2. The maximum Gasteiger partial charge on any atom is 0.459 e. The van der Waals surface area contributed by atoms with Gasteiger partial charge in [-0.25, -0.2) is 14.1 Å². The van der Waals surface area contributed by atoms with Crippen LogP contribution in [0.2, 0.25) is 0 Å². The van der Waals surface area contributed by atoms with Gasteiger partial charge in [-0.3, -0.25) is 9.32 Å². The molecule has 3 heterocycles. The second kappa shape index (κ2) is 11.7. The summed E-state index contributed by atoms with van der Waals surface area (Å²) in [7, 11) is -4.30. The summed E-state index contributed by atoms with van der Waals surface area (Å²) in [5.74, 6) is -0.337. The van der Waals surface area contributed by atoms with E-state index in [0.29, 0.717) is 5.52 Å². The van der Waals surface area contributed by atoms with Crippen LogP contribution in [0.5, 0.6) is 5.75 Å². The summed E-state index contributed by atoms with van der Waals surface area (Å²) in [6.07, 6.45) is -3.33. The number of carbonyl (C=O) groups excluding carboxylic acids is 1. The van der Waals surface area contributed by atoms with Crippen molar-refractivity contribution in [2.45, 2.75) is 50.2 Å². The van der Waals surface area contributed by atoms with Crippen molar-refractivity contribution in [2.24, 2.45) is 0 Å². The number of hydrogen-bond acceptors (Lipinski definition) is 12. The molecule has 0 bridgehead atoms. The molecule has 4 rings (SSSR count). The third kappa shape index (κ3) is 5.60. The van der Waals surface area contributed by atoms with Gasteiger partial charge in [0.2, 0.25) is 5.60 Å². The molecule has 1 fully saturated rings.